The summed E-state index contributed by atoms with van der Waals surface area (Å²) in [5, 5.41) is 5.54. The predicted octanol–water partition coefficient (Wildman–Crippen LogP) is 3.69. The summed E-state index contributed by atoms with van der Waals surface area (Å²) >= 11 is 5.74. The van der Waals surface area contributed by atoms with Crippen molar-refractivity contribution < 1.29 is 45.9 Å². The average molecular weight is 578 g/mol. The first-order chi connectivity index (χ1) is 18.1. The Morgan fingerprint density at radius 1 is 0.923 bits per heavy atom. The summed E-state index contributed by atoms with van der Waals surface area (Å²) in [5.74, 6) is -11.1. The molecule has 0 radical (unpaired) electrons. The minimum absolute atomic E-state index is 0.0661. The summed E-state index contributed by atoms with van der Waals surface area (Å²) in [6.07, 6.45) is -5.24. The molecule has 14 heteroatoms. The van der Waals surface area contributed by atoms with Crippen molar-refractivity contribution >= 4 is 35.1 Å². The summed E-state index contributed by atoms with van der Waals surface area (Å²) < 4.78 is 73.3. The molecule has 0 saturated carbocycles. The third-order valence-corrected chi connectivity index (χ3v) is 5.78. The molecule has 3 amide bonds. The Morgan fingerprint density at radius 3 is 2.03 bits per heavy atom. The number of halogens is 6. The standard InChI is InChI=1S/C25H25ClF5N3O5/c1-13(2)19(21(36)25(29,30)31)34-22(37)20(14-8-10-15(39-3)11-9-14)33-18(35)12-32-23(38)24(27,28)16-6-4-5-7-17(16)26/h4-11,13,19-20H,12H2,1-3H3,(H,32,38)(H,33,35)(H,34,37)/t19-,20-/m0/s1. The van der Waals surface area contributed by atoms with Gasteiger partial charge in [0.05, 0.1) is 24.7 Å². The molecule has 0 aliphatic carbocycles. The van der Waals surface area contributed by atoms with E-state index in [2.05, 4.69) is 5.32 Å². The molecule has 39 heavy (non-hydrogen) atoms. The van der Waals surface area contributed by atoms with Crippen LogP contribution in [0.2, 0.25) is 5.02 Å². The first-order valence-corrected chi connectivity index (χ1v) is 11.7. The van der Waals surface area contributed by atoms with E-state index in [1.54, 1.807) is 5.32 Å². The van der Waals surface area contributed by atoms with E-state index in [0.29, 0.717) is 5.75 Å². The van der Waals surface area contributed by atoms with E-state index in [1.165, 1.54) is 57.4 Å². The molecule has 3 N–H and O–H groups in total. The fourth-order valence-corrected chi connectivity index (χ4v) is 3.62. The highest BCUT2D eigenvalue weighted by atomic mass is 35.5. The van der Waals surface area contributed by atoms with Gasteiger partial charge in [-0.25, -0.2) is 0 Å². The minimum Gasteiger partial charge on any atom is -0.497 e. The highest BCUT2D eigenvalue weighted by Gasteiger charge is 2.46. The summed E-state index contributed by atoms with van der Waals surface area (Å²) in [7, 11) is 1.36. The number of ketones is 1. The van der Waals surface area contributed by atoms with Crippen molar-refractivity contribution in [2.45, 2.75) is 38.0 Å². The van der Waals surface area contributed by atoms with Gasteiger partial charge in [0, 0.05) is 5.56 Å². The van der Waals surface area contributed by atoms with Crippen LogP contribution in [0.4, 0.5) is 22.0 Å². The lowest BCUT2D eigenvalue weighted by Crippen LogP contribution is -2.53. The molecular weight excluding hydrogens is 553 g/mol. The lowest BCUT2D eigenvalue weighted by Gasteiger charge is -2.26. The molecule has 2 aromatic carbocycles. The fraction of sp³-hybridized carbons (Fsp3) is 0.360. The highest BCUT2D eigenvalue weighted by molar-refractivity contribution is 6.31. The average Bonchev–Trinajstić information content (AvgIpc) is 2.87. The highest BCUT2D eigenvalue weighted by Crippen LogP contribution is 2.33. The van der Waals surface area contributed by atoms with Gasteiger partial charge in [0.1, 0.15) is 11.8 Å². The Hall–Kier alpha value is -3.74. The maximum Gasteiger partial charge on any atom is 0.452 e. The second-order valence-corrected chi connectivity index (χ2v) is 9.01. The second kappa shape index (κ2) is 12.9. The van der Waals surface area contributed by atoms with Gasteiger partial charge in [0.15, 0.2) is 0 Å². The van der Waals surface area contributed by atoms with Crippen LogP contribution in [0.25, 0.3) is 0 Å². The normalized spacial score (nSPS) is 13.3. The number of hydrogen-bond acceptors (Lipinski definition) is 5. The van der Waals surface area contributed by atoms with E-state index in [4.69, 9.17) is 16.3 Å². The minimum atomic E-state index is -5.24. The van der Waals surface area contributed by atoms with E-state index in [1.807, 2.05) is 5.32 Å². The molecule has 0 heterocycles. The lowest BCUT2D eigenvalue weighted by molar-refractivity contribution is -0.175. The van der Waals surface area contributed by atoms with Gasteiger partial charge in [0.2, 0.25) is 11.8 Å². The van der Waals surface area contributed by atoms with Gasteiger partial charge in [-0.15, -0.1) is 0 Å². The van der Waals surface area contributed by atoms with Crippen molar-refractivity contribution in [2.75, 3.05) is 13.7 Å². The second-order valence-electron chi connectivity index (χ2n) is 8.60. The number of ether oxygens (including phenoxy) is 1. The van der Waals surface area contributed by atoms with Crippen molar-refractivity contribution in [3.63, 3.8) is 0 Å². The molecule has 0 bridgehead atoms. The summed E-state index contributed by atoms with van der Waals surface area (Å²) in [6.45, 7) is 1.54. The van der Waals surface area contributed by atoms with Gasteiger partial charge in [-0.1, -0.05) is 55.8 Å². The number of Topliss-reactive ketones (excluding diaryl/α,β-unsaturated/α-hetero) is 1. The number of carbonyl (C=O) groups excluding carboxylic acids is 4. The molecule has 0 fully saturated rings. The molecule has 0 aliphatic rings. The molecule has 0 saturated heterocycles. The van der Waals surface area contributed by atoms with E-state index < -0.39 is 65.7 Å². The van der Waals surface area contributed by atoms with Crippen LogP contribution in [0.3, 0.4) is 0 Å². The maximum atomic E-state index is 14.6. The van der Waals surface area contributed by atoms with E-state index in [0.717, 1.165) is 12.1 Å². The van der Waals surface area contributed by atoms with Crippen LogP contribution in [0.5, 0.6) is 5.75 Å². The quantitative estimate of drug-likeness (QED) is 0.353. The van der Waals surface area contributed by atoms with Gasteiger partial charge in [-0.05, 0) is 29.7 Å². The van der Waals surface area contributed by atoms with Crippen LogP contribution >= 0.6 is 11.6 Å². The molecule has 0 aromatic heterocycles. The van der Waals surface area contributed by atoms with Gasteiger partial charge >= 0.3 is 12.1 Å². The van der Waals surface area contributed by atoms with Crippen LogP contribution in [0.15, 0.2) is 48.5 Å². The Bertz CT molecular complexity index is 1210. The van der Waals surface area contributed by atoms with Crippen LogP contribution in [-0.4, -0.2) is 49.4 Å². The number of benzene rings is 2. The van der Waals surface area contributed by atoms with Crippen LogP contribution < -0.4 is 20.7 Å². The zero-order valence-corrected chi connectivity index (χ0v) is 21.6. The van der Waals surface area contributed by atoms with Gasteiger partial charge < -0.3 is 20.7 Å². The Labute approximate surface area is 225 Å². The lowest BCUT2D eigenvalue weighted by atomic mass is 9.98. The Kier molecular flexibility index (Phi) is 10.4. The van der Waals surface area contributed by atoms with Gasteiger partial charge in [0.25, 0.3) is 11.7 Å². The summed E-state index contributed by atoms with van der Waals surface area (Å²) in [5.41, 5.74) is -0.731. The number of carbonyl (C=O) groups is 4. The van der Waals surface area contributed by atoms with Crippen molar-refractivity contribution in [3.8, 4) is 5.75 Å². The van der Waals surface area contributed by atoms with Crippen LogP contribution in [0, 0.1) is 5.92 Å². The summed E-state index contributed by atoms with van der Waals surface area (Å²) in [4.78, 5) is 49.5. The molecule has 0 unspecified atom stereocenters. The van der Waals surface area contributed by atoms with Gasteiger partial charge in [-0.2, -0.15) is 22.0 Å². The van der Waals surface area contributed by atoms with Crippen molar-refractivity contribution in [2.24, 2.45) is 5.92 Å². The predicted molar refractivity (Wildman–Crippen MR) is 130 cm³/mol. The van der Waals surface area contributed by atoms with Gasteiger partial charge in [-0.3, -0.25) is 19.2 Å². The number of nitrogens with one attached hydrogen (secondary N) is 3. The molecule has 2 rings (SSSR count). The Morgan fingerprint density at radius 2 is 1.51 bits per heavy atom. The SMILES string of the molecule is COc1ccc([C@H](NC(=O)CNC(=O)C(F)(F)c2ccccc2Cl)C(=O)N[C@H](C(=O)C(F)(F)F)C(C)C)cc1. The first-order valence-electron chi connectivity index (χ1n) is 11.3. The summed E-state index contributed by atoms with van der Waals surface area (Å²) in [6, 6.07) is 6.51. The van der Waals surface area contributed by atoms with Crippen molar-refractivity contribution in [1.29, 1.82) is 0 Å². The van der Waals surface area contributed by atoms with Crippen molar-refractivity contribution in [3.05, 3.63) is 64.7 Å². The number of amides is 3. The molecule has 212 valence electrons. The van der Waals surface area contributed by atoms with E-state index in [-0.39, 0.29) is 10.6 Å². The smallest absolute Gasteiger partial charge is 0.452 e. The monoisotopic (exact) mass is 577 g/mol. The fourth-order valence-electron chi connectivity index (χ4n) is 3.37. The largest absolute Gasteiger partial charge is 0.497 e. The molecular formula is C25H25ClF5N3O5. The molecule has 8 nitrogen and oxygen atoms in total. The third kappa shape index (κ3) is 8.12. The number of methoxy groups -OCH3 is 1. The topological polar surface area (TPSA) is 114 Å². The number of alkyl halides is 5. The number of hydrogen-bond donors (Lipinski definition) is 3. The molecule has 0 aliphatic heterocycles. The zero-order valence-electron chi connectivity index (χ0n) is 20.9. The maximum absolute atomic E-state index is 14.6. The van der Waals surface area contributed by atoms with E-state index in [9.17, 15) is 41.1 Å². The van der Waals surface area contributed by atoms with E-state index >= 15 is 0 Å². The van der Waals surface area contributed by atoms with Crippen LogP contribution in [0.1, 0.15) is 31.0 Å². The van der Waals surface area contributed by atoms with Crippen LogP contribution in [-0.2, 0) is 25.1 Å². The molecule has 2 atom stereocenters. The number of rotatable bonds is 11. The van der Waals surface area contributed by atoms with Crippen molar-refractivity contribution in [1.82, 2.24) is 16.0 Å². The third-order valence-electron chi connectivity index (χ3n) is 5.45. The molecule has 2 aromatic rings. The zero-order chi connectivity index (χ0) is 29.5. The first kappa shape index (κ1) is 31.5. The Balaban J connectivity index is 2.23. The molecule has 0 spiro atoms.